The van der Waals surface area contributed by atoms with Crippen molar-refractivity contribution in [2.45, 2.75) is 57.3 Å². The minimum atomic E-state index is -1.07. The number of ketones is 1. The maximum atomic E-state index is 11.9. The lowest BCUT2D eigenvalue weighted by molar-refractivity contribution is -0.125. The Morgan fingerprint density at radius 3 is 2.33 bits per heavy atom. The Bertz CT molecular complexity index is 524. The molecule has 0 fully saturated rings. The molecule has 0 aliphatic heterocycles. The van der Waals surface area contributed by atoms with Gasteiger partial charge in [-0.2, -0.15) is 0 Å². The zero-order valence-electron chi connectivity index (χ0n) is 14.2. The Labute approximate surface area is 142 Å². The van der Waals surface area contributed by atoms with Crippen molar-refractivity contribution < 1.29 is 24.9 Å². The predicted octanol–water partition coefficient (Wildman–Crippen LogP) is 0.577. The molecule has 0 heterocycles. The molecule has 24 heavy (non-hydrogen) atoms. The van der Waals surface area contributed by atoms with E-state index < -0.39 is 23.7 Å². The molecule has 0 unspecified atom stereocenters. The summed E-state index contributed by atoms with van der Waals surface area (Å²) in [6, 6.07) is 8.61. The Kier molecular flexibility index (Phi) is 8.04. The molecule has 6 heteroatoms. The fourth-order valence-electron chi connectivity index (χ4n) is 2.50. The van der Waals surface area contributed by atoms with Crippen LogP contribution in [0.15, 0.2) is 30.3 Å². The Morgan fingerprint density at radius 1 is 1.17 bits per heavy atom. The Morgan fingerprint density at radius 2 is 1.79 bits per heavy atom. The molecular formula is C18H27NO5. The van der Waals surface area contributed by atoms with E-state index in [9.17, 15) is 24.9 Å². The molecule has 0 saturated carbocycles. The summed E-state index contributed by atoms with van der Waals surface area (Å²) in [5, 5.41) is 31.4. The van der Waals surface area contributed by atoms with Crippen molar-refractivity contribution in [3.8, 4) is 0 Å². The lowest BCUT2D eigenvalue weighted by atomic mass is 9.99. The van der Waals surface area contributed by atoms with Gasteiger partial charge in [-0.25, -0.2) is 0 Å². The molecule has 0 radical (unpaired) electrons. The summed E-state index contributed by atoms with van der Waals surface area (Å²) in [5.41, 5.74) is -0.157. The number of amides is 1. The molecule has 1 rings (SSSR count). The number of nitrogens with one attached hydrogen (secondary N) is 1. The first-order chi connectivity index (χ1) is 11.2. The van der Waals surface area contributed by atoms with Gasteiger partial charge in [-0.1, -0.05) is 30.3 Å². The van der Waals surface area contributed by atoms with E-state index in [-0.39, 0.29) is 38.1 Å². The average molecular weight is 337 g/mol. The van der Waals surface area contributed by atoms with Crippen molar-refractivity contribution in [3.05, 3.63) is 35.9 Å². The molecule has 0 aromatic heterocycles. The summed E-state index contributed by atoms with van der Waals surface area (Å²) >= 11 is 0. The number of aliphatic hydroxyl groups excluding tert-OH is 2. The number of carbonyl (C=O) groups excluding carboxylic acids is 2. The lowest BCUT2D eigenvalue weighted by Gasteiger charge is -2.24. The topological polar surface area (TPSA) is 107 Å². The van der Waals surface area contributed by atoms with Crippen molar-refractivity contribution in [3.63, 3.8) is 0 Å². The zero-order chi connectivity index (χ0) is 18.2. The highest BCUT2D eigenvalue weighted by Crippen LogP contribution is 2.11. The second-order valence-corrected chi connectivity index (χ2v) is 6.73. The van der Waals surface area contributed by atoms with Crippen molar-refractivity contribution in [1.82, 2.24) is 5.32 Å². The second kappa shape index (κ2) is 9.52. The molecule has 4 N–H and O–H groups in total. The molecule has 0 bridgehead atoms. The molecule has 1 aromatic carbocycles. The van der Waals surface area contributed by atoms with Gasteiger partial charge in [0.25, 0.3) is 0 Å². The van der Waals surface area contributed by atoms with Gasteiger partial charge in [-0.15, -0.1) is 0 Å². The summed E-state index contributed by atoms with van der Waals surface area (Å²) in [7, 11) is 0. The van der Waals surface area contributed by atoms with Crippen LogP contribution in [0.25, 0.3) is 0 Å². The van der Waals surface area contributed by atoms with E-state index in [1.165, 1.54) is 0 Å². The minimum absolute atomic E-state index is 0.0996. The number of carbonyl (C=O) groups is 2. The maximum Gasteiger partial charge on any atom is 0.222 e. The highest BCUT2D eigenvalue weighted by molar-refractivity contribution is 5.83. The van der Waals surface area contributed by atoms with Crippen LogP contribution >= 0.6 is 0 Å². The molecular weight excluding hydrogens is 310 g/mol. The molecule has 1 amide bonds. The lowest BCUT2D eigenvalue weighted by Crippen LogP contribution is -2.43. The second-order valence-electron chi connectivity index (χ2n) is 6.73. The highest BCUT2D eigenvalue weighted by atomic mass is 16.3. The van der Waals surface area contributed by atoms with Crippen molar-refractivity contribution in [2.24, 2.45) is 0 Å². The van der Waals surface area contributed by atoms with E-state index in [1.807, 2.05) is 30.3 Å². The number of hydrogen-bond acceptors (Lipinski definition) is 5. The predicted molar refractivity (Wildman–Crippen MR) is 90.3 cm³/mol. The number of hydrogen-bond donors (Lipinski definition) is 4. The molecule has 0 aliphatic rings. The van der Waals surface area contributed by atoms with Crippen LogP contribution in [-0.4, -0.2) is 51.4 Å². The van der Waals surface area contributed by atoms with Gasteiger partial charge >= 0.3 is 0 Å². The first-order valence-electron chi connectivity index (χ1n) is 8.06. The fourth-order valence-corrected chi connectivity index (χ4v) is 2.50. The van der Waals surface area contributed by atoms with Gasteiger partial charge in [-0.3, -0.25) is 9.59 Å². The first kappa shape index (κ1) is 20.3. The average Bonchev–Trinajstić information content (AvgIpc) is 2.45. The van der Waals surface area contributed by atoms with Crippen LogP contribution in [-0.2, 0) is 16.0 Å². The summed E-state index contributed by atoms with van der Waals surface area (Å²) in [4.78, 5) is 23.8. The van der Waals surface area contributed by atoms with Gasteiger partial charge in [-0.05, 0) is 25.8 Å². The van der Waals surface area contributed by atoms with E-state index in [0.29, 0.717) is 0 Å². The summed E-state index contributed by atoms with van der Waals surface area (Å²) in [6.07, 6.45) is -0.973. The third-order valence-corrected chi connectivity index (χ3v) is 3.46. The van der Waals surface area contributed by atoms with Gasteiger partial charge < -0.3 is 20.6 Å². The summed E-state index contributed by atoms with van der Waals surface area (Å²) in [5.74, 6) is -0.602. The third-order valence-electron chi connectivity index (χ3n) is 3.46. The van der Waals surface area contributed by atoms with Crippen LogP contribution in [0.4, 0.5) is 0 Å². The molecule has 134 valence electrons. The van der Waals surface area contributed by atoms with Gasteiger partial charge in [0.2, 0.25) is 5.91 Å². The SMILES string of the molecule is CC(C)(O)C[C@H](CO)NC(=O)C[C@@H](O)CC(=O)Cc1ccccc1. The van der Waals surface area contributed by atoms with E-state index in [0.717, 1.165) is 5.56 Å². The zero-order valence-corrected chi connectivity index (χ0v) is 14.2. The van der Waals surface area contributed by atoms with E-state index >= 15 is 0 Å². The van der Waals surface area contributed by atoms with E-state index in [4.69, 9.17) is 0 Å². The van der Waals surface area contributed by atoms with Crippen molar-refractivity contribution >= 4 is 11.7 Å². The fraction of sp³-hybridized carbons (Fsp3) is 0.556. The minimum Gasteiger partial charge on any atom is -0.394 e. The molecule has 2 atom stereocenters. The molecule has 1 aromatic rings. The van der Waals surface area contributed by atoms with Crippen LogP contribution in [0.5, 0.6) is 0 Å². The standard InChI is InChI=1S/C18H27NO5/c1-18(2,24)11-14(12-20)19-17(23)10-16(22)9-15(21)8-13-6-4-3-5-7-13/h3-7,14,16,20,22,24H,8-12H2,1-2H3,(H,19,23)/t14-,16+/m1/s1. The normalized spacial score (nSPS) is 14.0. The Hall–Kier alpha value is -1.76. The molecule has 6 nitrogen and oxygen atoms in total. The van der Waals surface area contributed by atoms with Gasteiger partial charge in [0.1, 0.15) is 5.78 Å². The summed E-state index contributed by atoms with van der Waals surface area (Å²) < 4.78 is 0. The highest BCUT2D eigenvalue weighted by Gasteiger charge is 2.23. The van der Waals surface area contributed by atoms with Gasteiger partial charge in [0, 0.05) is 12.8 Å². The Balaban J connectivity index is 2.39. The monoisotopic (exact) mass is 337 g/mol. The van der Waals surface area contributed by atoms with Crippen LogP contribution in [0.2, 0.25) is 0 Å². The van der Waals surface area contributed by atoms with Gasteiger partial charge in [0.05, 0.1) is 30.8 Å². The molecule has 0 saturated heterocycles. The van der Waals surface area contributed by atoms with Gasteiger partial charge in [0.15, 0.2) is 0 Å². The number of benzene rings is 1. The molecule has 0 aliphatic carbocycles. The van der Waals surface area contributed by atoms with Crippen LogP contribution in [0.3, 0.4) is 0 Å². The van der Waals surface area contributed by atoms with E-state index in [2.05, 4.69) is 5.32 Å². The number of rotatable bonds is 10. The molecule has 0 spiro atoms. The number of aliphatic hydroxyl groups is 3. The summed E-state index contributed by atoms with van der Waals surface area (Å²) in [6.45, 7) is 2.86. The van der Waals surface area contributed by atoms with Crippen LogP contribution in [0.1, 0.15) is 38.7 Å². The smallest absolute Gasteiger partial charge is 0.222 e. The largest absolute Gasteiger partial charge is 0.394 e. The third kappa shape index (κ3) is 8.76. The number of Topliss-reactive ketones (excluding diaryl/α,β-unsaturated/α-hetero) is 1. The first-order valence-corrected chi connectivity index (χ1v) is 8.06. The maximum absolute atomic E-state index is 11.9. The van der Waals surface area contributed by atoms with Crippen molar-refractivity contribution in [1.29, 1.82) is 0 Å². The van der Waals surface area contributed by atoms with Crippen LogP contribution in [0, 0.1) is 0 Å². The van der Waals surface area contributed by atoms with Crippen molar-refractivity contribution in [2.75, 3.05) is 6.61 Å². The van der Waals surface area contributed by atoms with E-state index in [1.54, 1.807) is 13.8 Å². The quantitative estimate of drug-likeness (QED) is 0.500. The van der Waals surface area contributed by atoms with Crippen LogP contribution < -0.4 is 5.32 Å².